The van der Waals surface area contributed by atoms with E-state index in [0.29, 0.717) is 6.41 Å². The molecule has 0 saturated heterocycles. The molecular weight excluding hydrogens is 110 g/mol. The Morgan fingerprint density at radius 1 is 1.88 bits per heavy atom. The van der Waals surface area contributed by atoms with Gasteiger partial charge in [-0.2, -0.15) is 0 Å². The van der Waals surface area contributed by atoms with Gasteiger partial charge < -0.3 is 5.11 Å². The molecule has 0 heterocycles. The number of hydrogen-bond acceptors (Lipinski definition) is 3. The predicted molar refractivity (Wildman–Crippen MR) is 26.9 cm³/mol. The smallest absolute Gasteiger partial charge is 0.233 e. The quantitative estimate of drug-likeness (QED) is 0.381. The highest BCUT2D eigenvalue weighted by molar-refractivity contribution is 5.44. The molecule has 1 N–H and O–H groups in total. The van der Waals surface area contributed by atoms with Gasteiger partial charge in [-0.15, -0.1) is 0 Å². The molecule has 0 aromatic heterocycles. The highest BCUT2D eigenvalue weighted by Crippen LogP contribution is 1.77. The number of hydrogen-bond donors (Lipinski definition) is 1. The van der Waals surface area contributed by atoms with E-state index in [2.05, 4.69) is 4.84 Å². The van der Waals surface area contributed by atoms with Gasteiger partial charge in [0, 0.05) is 0 Å². The summed E-state index contributed by atoms with van der Waals surface area (Å²) in [5.74, 6) is 0. The van der Waals surface area contributed by atoms with Crippen molar-refractivity contribution in [2.24, 2.45) is 0 Å². The Kier molecular flexibility index (Phi) is 4.20. The Morgan fingerprint density at radius 2 is 2.50 bits per heavy atom. The number of hydroxylamine groups is 2. The second kappa shape index (κ2) is 4.55. The van der Waals surface area contributed by atoms with Crippen molar-refractivity contribution in [3.05, 3.63) is 0 Å². The summed E-state index contributed by atoms with van der Waals surface area (Å²) in [6, 6.07) is 0. The lowest BCUT2D eigenvalue weighted by molar-refractivity contribution is -0.162. The first-order valence-electron chi connectivity index (χ1n) is 2.22. The lowest BCUT2D eigenvalue weighted by atomic mass is 10.7. The van der Waals surface area contributed by atoms with Crippen molar-refractivity contribution in [2.75, 3.05) is 20.3 Å². The minimum atomic E-state index is -0.0768. The number of nitrogens with zero attached hydrogens (tertiary/aromatic N) is 1. The lowest BCUT2D eigenvalue weighted by Crippen LogP contribution is -2.23. The van der Waals surface area contributed by atoms with Crippen LogP contribution in [0.1, 0.15) is 0 Å². The number of aliphatic hydroxyl groups is 1. The third kappa shape index (κ3) is 2.54. The number of carbonyl (C=O) groups excluding carboxylic acids is 1. The molecule has 0 rings (SSSR count). The molecule has 0 aromatic rings. The SMILES string of the molecule is CON(C=O)CCO. The van der Waals surface area contributed by atoms with Crippen molar-refractivity contribution in [1.29, 1.82) is 0 Å². The van der Waals surface area contributed by atoms with Crippen molar-refractivity contribution in [3.63, 3.8) is 0 Å². The third-order valence-electron chi connectivity index (χ3n) is 0.672. The van der Waals surface area contributed by atoms with Crippen LogP contribution in [0.4, 0.5) is 0 Å². The molecule has 0 spiro atoms. The average Bonchev–Trinajstić information content (AvgIpc) is 1.83. The molecule has 0 aliphatic carbocycles. The Morgan fingerprint density at radius 3 is 2.62 bits per heavy atom. The van der Waals surface area contributed by atoms with Gasteiger partial charge in [-0.05, 0) is 0 Å². The van der Waals surface area contributed by atoms with Crippen molar-refractivity contribution in [3.8, 4) is 0 Å². The van der Waals surface area contributed by atoms with Gasteiger partial charge in [-0.1, -0.05) is 0 Å². The first-order valence-corrected chi connectivity index (χ1v) is 2.22. The first-order chi connectivity index (χ1) is 3.85. The van der Waals surface area contributed by atoms with Crippen LogP contribution in [0.3, 0.4) is 0 Å². The van der Waals surface area contributed by atoms with Crippen molar-refractivity contribution < 1.29 is 14.7 Å². The minimum absolute atomic E-state index is 0.0768. The molecule has 0 aliphatic heterocycles. The van der Waals surface area contributed by atoms with E-state index in [1.54, 1.807) is 0 Å². The molecule has 0 fully saturated rings. The second-order valence-electron chi connectivity index (χ2n) is 1.15. The molecule has 0 saturated carbocycles. The molecule has 4 heteroatoms. The van der Waals surface area contributed by atoms with Gasteiger partial charge in [0.2, 0.25) is 6.41 Å². The van der Waals surface area contributed by atoms with Crippen molar-refractivity contribution >= 4 is 6.41 Å². The van der Waals surface area contributed by atoms with Gasteiger partial charge in [0.05, 0.1) is 20.3 Å². The van der Waals surface area contributed by atoms with Crippen LogP contribution >= 0.6 is 0 Å². The van der Waals surface area contributed by atoms with Crippen molar-refractivity contribution in [1.82, 2.24) is 5.06 Å². The second-order valence-corrected chi connectivity index (χ2v) is 1.15. The summed E-state index contributed by atoms with van der Waals surface area (Å²) >= 11 is 0. The summed E-state index contributed by atoms with van der Waals surface area (Å²) in [6.45, 7) is 0.145. The molecule has 0 aromatic carbocycles. The van der Waals surface area contributed by atoms with Crippen LogP contribution in [0.25, 0.3) is 0 Å². The summed E-state index contributed by atoms with van der Waals surface area (Å²) < 4.78 is 0. The highest BCUT2D eigenvalue weighted by atomic mass is 16.7. The Hall–Kier alpha value is -0.610. The maximum absolute atomic E-state index is 9.82. The van der Waals surface area contributed by atoms with Crippen LogP contribution in [0.5, 0.6) is 0 Å². The average molecular weight is 119 g/mol. The molecule has 4 nitrogen and oxygen atoms in total. The van der Waals surface area contributed by atoms with E-state index in [-0.39, 0.29) is 13.2 Å². The zero-order valence-electron chi connectivity index (χ0n) is 4.70. The predicted octanol–water partition coefficient (Wildman–Crippen LogP) is -1.00. The number of rotatable bonds is 4. The fourth-order valence-corrected chi connectivity index (χ4v) is 0.286. The Balaban J connectivity index is 3.21. The monoisotopic (exact) mass is 119 g/mol. The topological polar surface area (TPSA) is 49.8 Å². The standard InChI is InChI=1S/C4H9NO3/c1-8-5(4-7)2-3-6/h4,6H,2-3H2,1H3. The van der Waals surface area contributed by atoms with Gasteiger partial charge >= 0.3 is 0 Å². The molecule has 0 bridgehead atoms. The Bertz CT molecular complexity index is 66.3. The van der Waals surface area contributed by atoms with E-state index >= 15 is 0 Å². The third-order valence-corrected chi connectivity index (χ3v) is 0.672. The van der Waals surface area contributed by atoms with Crippen LogP contribution in [0, 0.1) is 0 Å². The first kappa shape index (κ1) is 7.39. The minimum Gasteiger partial charge on any atom is -0.394 e. The maximum atomic E-state index is 9.82. The summed E-state index contributed by atoms with van der Waals surface area (Å²) in [5, 5.41) is 9.22. The van der Waals surface area contributed by atoms with E-state index < -0.39 is 0 Å². The van der Waals surface area contributed by atoms with Crippen molar-refractivity contribution in [2.45, 2.75) is 0 Å². The zero-order chi connectivity index (χ0) is 6.41. The van der Waals surface area contributed by atoms with Gasteiger partial charge in [-0.3, -0.25) is 9.63 Å². The van der Waals surface area contributed by atoms with Gasteiger partial charge in [0.15, 0.2) is 0 Å². The molecule has 1 amide bonds. The molecular formula is C4H9NO3. The molecule has 48 valence electrons. The fraction of sp³-hybridized carbons (Fsp3) is 0.750. The molecule has 0 atom stereocenters. The Labute approximate surface area is 47.6 Å². The highest BCUT2D eigenvalue weighted by Gasteiger charge is 1.93. The molecule has 0 radical (unpaired) electrons. The van der Waals surface area contributed by atoms with E-state index in [1.807, 2.05) is 0 Å². The summed E-state index contributed by atoms with van der Waals surface area (Å²) in [5.41, 5.74) is 0. The van der Waals surface area contributed by atoms with Crippen LogP contribution in [-0.4, -0.2) is 36.8 Å². The number of aliphatic hydroxyl groups excluding tert-OH is 1. The summed E-state index contributed by atoms with van der Waals surface area (Å²) in [7, 11) is 1.37. The molecule has 0 aliphatic rings. The van der Waals surface area contributed by atoms with Gasteiger partial charge in [0.1, 0.15) is 0 Å². The van der Waals surface area contributed by atoms with E-state index in [9.17, 15) is 4.79 Å². The molecule has 8 heavy (non-hydrogen) atoms. The lowest BCUT2D eigenvalue weighted by Gasteiger charge is -2.10. The van der Waals surface area contributed by atoms with Crippen LogP contribution < -0.4 is 0 Å². The van der Waals surface area contributed by atoms with Gasteiger partial charge in [-0.25, -0.2) is 5.06 Å². The van der Waals surface area contributed by atoms with Crippen LogP contribution in [-0.2, 0) is 9.63 Å². The number of carbonyl (C=O) groups is 1. The van der Waals surface area contributed by atoms with E-state index in [4.69, 9.17) is 5.11 Å². The number of amides is 1. The van der Waals surface area contributed by atoms with E-state index in [0.717, 1.165) is 5.06 Å². The van der Waals surface area contributed by atoms with E-state index in [1.165, 1.54) is 7.11 Å². The largest absolute Gasteiger partial charge is 0.394 e. The zero-order valence-corrected chi connectivity index (χ0v) is 4.70. The maximum Gasteiger partial charge on any atom is 0.233 e. The summed E-state index contributed by atoms with van der Waals surface area (Å²) in [4.78, 5) is 14.3. The normalized spacial score (nSPS) is 8.75. The molecule has 0 unspecified atom stereocenters. The van der Waals surface area contributed by atoms with Crippen LogP contribution in [0.15, 0.2) is 0 Å². The van der Waals surface area contributed by atoms with Gasteiger partial charge in [0.25, 0.3) is 0 Å². The fourth-order valence-electron chi connectivity index (χ4n) is 0.286. The van der Waals surface area contributed by atoms with Crippen LogP contribution in [0.2, 0.25) is 0 Å². The summed E-state index contributed by atoms with van der Waals surface area (Å²) in [6.07, 6.45) is 0.510.